The van der Waals surface area contributed by atoms with Crippen LogP contribution in [-0.2, 0) is 6.54 Å². The van der Waals surface area contributed by atoms with Gasteiger partial charge >= 0.3 is 0 Å². The van der Waals surface area contributed by atoms with E-state index in [1.807, 2.05) is 0 Å². The maximum Gasteiger partial charge on any atom is 0.182 e. The topological polar surface area (TPSA) is 88.4 Å². The molecule has 27 heavy (non-hydrogen) atoms. The molecule has 3 aromatic heterocycles. The number of hydrogen-bond donors (Lipinski definition) is 1. The lowest BCUT2D eigenvalue weighted by molar-refractivity contribution is 0.347. The Hall–Kier alpha value is -2.51. The molecule has 0 radical (unpaired) electrons. The molecule has 142 valence electrons. The number of rotatable bonds is 4. The molecule has 8 heteroatoms. The molecule has 1 N–H and O–H groups in total. The van der Waals surface area contributed by atoms with Gasteiger partial charge in [-0.25, -0.2) is 15.0 Å². The fourth-order valence-electron chi connectivity index (χ4n) is 4.65. The van der Waals surface area contributed by atoms with Gasteiger partial charge in [-0.1, -0.05) is 24.5 Å². The molecule has 1 aliphatic carbocycles. The molecule has 5 rings (SSSR count). The molecule has 1 unspecified atom stereocenters. The number of nitrogens with one attached hydrogen (secondary N) is 1. The number of H-pyrrole nitrogens is 1. The highest BCUT2D eigenvalue weighted by Crippen LogP contribution is 2.31. The quantitative estimate of drug-likeness (QED) is 0.764. The molecule has 1 saturated heterocycles. The van der Waals surface area contributed by atoms with Crippen LogP contribution in [-0.4, -0.2) is 48.0 Å². The Kier molecular flexibility index (Phi) is 4.47. The van der Waals surface area contributed by atoms with E-state index in [9.17, 15) is 0 Å². The van der Waals surface area contributed by atoms with Crippen LogP contribution in [0.4, 0.5) is 5.82 Å². The molecule has 2 aliphatic rings. The molecule has 0 bridgehead atoms. The number of hydrogen-bond acceptors (Lipinski definition) is 6. The summed E-state index contributed by atoms with van der Waals surface area (Å²) in [7, 11) is 0. The van der Waals surface area contributed by atoms with Crippen molar-refractivity contribution in [3.05, 3.63) is 24.5 Å². The van der Waals surface area contributed by atoms with E-state index < -0.39 is 0 Å². The van der Waals surface area contributed by atoms with E-state index in [0.29, 0.717) is 11.8 Å². The smallest absolute Gasteiger partial charge is 0.182 e. The third kappa shape index (κ3) is 3.40. The van der Waals surface area contributed by atoms with E-state index in [4.69, 9.17) is 0 Å². The number of anilines is 1. The lowest BCUT2D eigenvalue weighted by Crippen LogP contribution is -2.37. The molecule has 3 aromatic rings. The molecule has 0 aromatic carbocycles. The van der Waals surface area contributed by atoms with Crippen molar-refractivity contribution < 1.29 is 0 Å². The minimum atomic E-state index is 0.549. The van der Waals surface area contributed by atoms with Crippen molar-refractivity contribution in [2.45, 2.75) is 57.4 Å². The summed E-state index contributed by atoms with van der Waals surface area (Å²) in [6, 6.07) is 0. The van der Waals surface area contributed by atoms with E-state index in [1.165, 1.54) is 44.2 Å². The Morgan fingerprint density at radius 1 is 1.04 bits per heavy atom. The van der Waals surface area contributed by atoms with Crippen molar-refractivity contribution in [2.24, 2.45) is 5.92 Å². The summed E-state index contributed by atoms with van der Waals surface area (Å²) in [6.45, 7) is 2.92. The van der Waals surface area contributed by atoms with Crippen LogP contribution in [0.2, 0.25) is 0 Å². The molecule has 0 amide bonds. The average Bonchev–Trinajstić information content (AvgIpc) is 3.38. The zero-order chi connectivity index (χ0) is 18.1. The molecule has 4 heterocycles. The fourth-order valence-corrected chi connectivity index (χ4v) is 4.65. The van der Waals surface area contributed by atoms with Crippen molar-refractivity contribution in [3.63, 3.8) is 0 Å². The van der Waals surface area contributed by atoms with Crippen LogP contribution in [0.1, 0.15) is 56.6 Å². The van der Waals surface area contributed by atoms with Gasteiger partial charge in [-0.3, -0.25) is 4.68 Å². The molecule has 1 aliphatic heterocycles. The molecule has 2 fully saturated rings. The predicted octanol–water partition coefficient (Wildman–Crippen LogP) is 2.91. The first-order valence-corrected chi connectivity index (χ1v) is 10.2. The second-order valence-electron chi connectivity index (χ2n) is 7.95. The van der Waals surface area contributed by atoms with Gasteiger partial charge in [0.1, 0.15) is 11.8 Å². The highest BCUT2D eigenvalue weighted by Gasteiger charge is 2.25. The maximum atomic E-state index is 4.52. The highest BCUT2D eigenvalue weighted by atomic mass is 15.4. The fraction of sp³-hybridized carbons (Fsp3) is 0.632. The Labute approximate surface area is 158 Å². The van der Waals surface area contributed by atoms with Gasteiger partial charge in [0.15, 0.2) is 11.5 Å². The van der Waals surface area contributed by atoms with E-state index in [-0.39, 0.29) is 0 Å². The van der Waals surface area contributed by atoms with Crippen LogP contribution < -0.4 is 4.90 Å². The Morgan fingerprint density at radius 3 is 2.89 bits per heavy atom. The van der Waals surface area contributed by atoms with Crippen LogP contribution in [0.3, 0.4) is 0 Å². The summed E-state index contributed by atoms with van der Waals surface area (Å²) in [5, 5.41) is 8.91. The summed E-state index contributed by atoms with van der Waals surface area (Å²) in [6.07, 6.45) is 14.4. The van der Waals surface area contributed by atoms with Crippen molar-refractivity contribution >= 4 is 17.0 Å². The monoisotopic (exact) mass is 366 g/mol. The summed E-state index contributed by atoms with van der Waals surface area (Å²) < 4.78 is 2.06. The normalized spacial score (nSPS) is 21.8. The van der Waals surface area contributed by atoms with Crippen LogP contribution in [0.15, 0.2) is 18.9 Å². The van der Waals surface area contributed by atoms with Crippen LogP contribution in [0.5, 0.6) is 0 Å². The predicted molar refractivity (Wildman–Crippen MR) is 102 cm³/mol. The van der Waals surface area contributed by atoms with Crippen molar-refractivity contribution in [2.75, 3.05) is 18.0 Å². The number of nitrogens with zero attached hydrogens (tertiary/aromatic N) is 7. The van der Waals surface area contributed by atoms with Crippen LogP contribution >= 0.6 is 0 Å². The molecule has 0 spiro atoms. The third-order valence-electron chi connectivity index (χ3n) is 6.05. The lowest BCUT2D eigenvalue weighted by Gasteiger charge is -2.33. The third-order valence-corrected chi connectivity index (χ3v) is 6.05. The summed E-state index contributed by atoms with van der Waals surface area (Å²) in [4.78, 5) is 18.5. The van der Waals surface area contributed by atoms with Crippen molar-refractivity contribution in [3.8, 4) is 0 Å². The van der Waals surface area contributed by atoms with E-state index in [0.717, 1.165) is 43.0 Å². The maximum absolute atomic E-state index is 4.52. The van der Waals surface area contributed by atoms with Gasteiger partial charge in [0.05, 0.1) is 12.0 Å². The molecule has 1 atom stereocenters. The van der Waals surface area contributed by atoms with Crippen LogP contribution in [0, 0.1) is 5.92 Å². The molecular formula is C19H26N8. The van der Waals surface area contributed by atoms with Gasteiger partial charge in [-0.15, -0.1) is 5.10 Å². The van der Waals surface area contributed by atoms with E-state index in [1.54, 1.807) is 12.7 Å². The number of piperidine rings is 1. The SMILES string of the molecule is c1nc(N2CCCC(Cn3cc(C4CCCCC4)nn3)C2)c2[nH]cnc2n1. The highest BCUT2D eigenvalue weighted by molar-refractivity contribution is 5.82. The number of aromatic amines is 1. The van der Waals surface area contributed by atoms with Crippen molar-refractivity contribution in [1.29, 1.82) is 0 Å². The second-order valence-corrected chi connectivity index (χ2v) is 7.95. The first kappa shape index (κ1) is 16.6. The average molecular weight is 366 g/mol. The first-order valence-electron chi connectivity index (χ1n) is 10.2. The van der Waals surface area contributed by atoms with Crippen molar-refractivity contribution in [1.82, 2.24) is 34.9 Å². The minimum absolute atomic E-state index is 0.549. The number of fused-ring (bicyclic) bond motifs is 1. The van der Waals surface area contributed by atoms with Crippen LogP contribution in [0.25, 0.3) is 11.2 Å². The Balaban J connectivity index is 1.28. The van der Waals surface area contributed by atoms with E-state index in [2.05, 4.69) is 46.0 Å². The summed E-state index contributed by atoms with van der Waals surface area (Å²) in [5.41, 5.74) is 2.85. The molecule has 8 nitrogen and oxygen atoms in total. The van der Waals surface area contributed by atoms with Gasteiger partial charge in [0.2, 0.25) is 0 Å². The second kappa shape index (κ2) is 7.25. The lowest BCUT2D eigenvalue weighted by atomic mass is 9.87. The summed E-state index contributed by atoms with van der Waals surface area (Å²) >= 11 is 0. The zero-order valence-corrected chi connectivity index (χ0v) is 15.6. The standard InChI is InChI=1S/C19H26N8/c1-2-6-15(7-3-1)16-11-27(25-24-16)10-14-5-4-8-26(9-14)19-17-18(21-12-20-17)22-13-23-19/h11-15H,1-10H2,(H,20,21,22,23). The zero-order valence-electron chi connectivity index (χ0n) is 15.6. The number of aromatic nitrogens is 7. The number of imidazole rings is 1. The van der Waals surface area contributed by atoms with Gasteiger partial charge < -0.3 is 9.88 Å². The molecular weight excluding hydrogens is 340 g/mol. The first-order chi connectivity index (χ1) is 13.4. The van der Waals surface area contributed by atoms with Gasteiger partial charge in [-0.2, -0.15) is 0 Å². The minimum Gasteiger partial charge on any atom is -0.354 e. The largest absolute Gasteiger partial charge is 0.354 e. The molecule has 1 saturated carbocycles. The Morgan fingerprint density at radius 2 is 1.96 bits per heavy atom. The van der Waals surface area contributed by atoms with Gasteiger partial charge in [0.25, 0.3) is 0 Å². The van der Waals surface area contributed by atoms with Gasteiger partial charge in [0, 0.05) is 31.7 Å². The van der Waals surface area contributed by atoms with E-state index >= 15 is 0 Å². The summed E-state index contributed by atoms with van der Waals surface area (Å²) in [5.74, 6) is 2.13. The van der Waals surface area contributed by atoms with Gasteiger partial charge in [-0.05, 0) is 31.6 Å². The Bertz CT molecular complexity index is 894.